The van der Waals surface area contributed by atoms with Crippen molar-refractivity contribution >= 4 is 17.6 Å². The van der Waals surface area contributed by atoms with Gasteiger partial charge in [0.2, 0.25) is 0 Å². The van der Waals surface area contributed by atoms with Gasteiger partial charge >= 0.3 is 5.97 Å². The van der Waals surface area contributed by atoms with Crippen LogP contribution in [-0.4, -0.2) is 15.5 Å². The molecule has 118 valence electrons. The Labute approximate surface area is 136 Å². The predicted octanol–water partition coefficient (Wildman–Crippen LogP) is 3.99. The molecule has 0 unspecified atom stereocenters. The molecule has 5 heteroatoms. The topological polar surface area (TPSA) is 44.1 Å². The highest BCUT2D eigenvalue weighted by Crippen LogP contribution is 2.19. The molecule has 1 heterocycles. The van der Waals surface area contributed by atoms with Crippen molar-refractivity contribution in [1.29, 1.82) is 0 Å². The van der Waals surface area contributed by atoms with Crippen molar-refractivity contribution in [1.82, 2.24) is 9.55 Å². The van der Waals surface area contributed by atoms with E-state index in [-0.39, 0.29) is 12.6 Å². The summed E-state index contributed by atoms with van der Waals surface area (Å²) in [5.74, 6) is 0.713. The van der Waals surface area contributed by atoms with Crippen LogP contribution >= 0.6 is 11.6 Å². The summed E-state index contributed by atoms with van der Waals surface area (Å²) in [5.41, 5.74) is 1.92. The second-order valence-corrected chi connectivity index (χ2v) is 5.63. The Balaban J connectivity index is 2.26. The number of ether oxygens (including phenoxy) is 1. The van der Waals surface area contributed by atoms with E-state index in [0.29, 0.717) is 6.54 Å². The summed E-state index contributed by atoms with van der Waals surface area (Å²) in [7, 11) is 0. The number of imidazole rings is 1. The minimum Gasteiger partial charge on any atom is -0.459 e. The Morgan fingerprint density at radius 3 is 2.82 bits per heavy atom. The Hall–Kier alpha value is -1.81. The van der Waals surface area contributed by atoms with Gasteiger partial charge < -0.3 is 9.30 Å². The van der Waals surface area contributed by atoms with E-state index in [1.54, 1.807) is 6.20 Å². The zero-order chi connectivity index (χ0) is 15.9. The number of carbonyl (C=O) groups excluding carboxylic acids is 1. The van der Waals surface area contributed by atoms with Gasteiger partial charge in [0, 0.05) is 18.4 Å². The first-order valence-corrected chi connectivity index (χ1v) is 7.89. The van der Waals surface area contributed by atoms with Gasteiger partial charge in [0.25, 0.3) is 0 Å². The molecule has 0 bridgehead atoms. The van der Waals surface area contributed by atoms with E-state index >= 15 is 0 Å². The SMILES string of the molecule is CCCCc1ncc(COC(C)=O)n1Cc1ccccc1Cl. The number of benzene rings is 1. The van der Waals surface area contributed by atoms with Crippen molar-refractivity contribution in [3.05, 3.63) is 52.6 Å². The zero-order valence-electron chi connectivity index (χ0n) is 13.0. The third-order valence-electron chi connectivity index (χ3n) is 3.48. The first-order chi connectivity index (χ1) is 10.6. The second kappa shape index (κ2) is 7.99. The standard InChI is InChI=1S/C17H21ClN2O2/c1-3-4-9-17-19-10-15(12-22-13(2)21)20(17)11-14-7-5-6-8-16(14)18/h5-8,10H,3-4,9,11-12H2,1-2H3. The number of nitrogens with zero attached hydrogens (tertiary/aromatic N) is 2. The van der Waals surface area contributed by atoms with E-state index in [1.165, 1.54) is 6.92 Å². The molecular formula is C17H21ClN2O2. The van der Waals surface area contributed by atoms with E-state index in [1.807, 2.05) is 24.3 Å². The van der Waals surface area contributed by atoms with Gasteiger partial charge in [-0.2, -0.15) is 0 Å². The number of unbranched alkanes of at least 4 members (excludes halogenated alkanes) is 1. The summed E-state index contributed by atoms with van der Waals surface area (Å²) < 4.78 is 7.22. The number of rotatable bonds is 7. The van der Waals surface area contributed by atoms with Crippen LogP contribution in [0.2, 0.25) is 5.02 Å². The van der Waals surface area contributed by atoms with Gasteiger partial charge in [0.15, 0.2) is 0 Å². The summed E-state index contributed by atoms with van der Waals surface area (Å²) in [6.45, 7) is 4.43. The van der Waals surface area contributed by atoms with E-state index in [4.69, 9.17) is 16.3 Å². The molecule has 4 nitrogen and oxygen atoms in total. The van der Waals surface area contributed by atoms with Gasteiger partial charge in [-0.05, 0) is 18.1 Å². The van der Waals surface area contributed by atoms with Gasteiger partial charge in [-0.25, -0.2) is 4.98 Å². The molecule has 1 aromatic heterocycles. The van der Waals surface area contributed by atoms with E-state index in [9.17, 15) is 4.79 Å². The highest BCUT2D eigenvalue weighted by molar-refractivity contribution is 6.31. The molecule has 0 saturated carbocycles. The van der Waals surface area contributed by atoms with Gasteiger partial charge in [-0.15, -0.1) is 0 Å². The molecule has 0 aliphatic carbocycles. The van der Waals surface area contributed by atoms with Crippen LogP contribution in [0, 0.1) is 0 Å². The maximum atomic E-state index is 11.0. The number of halogens is 1. The Morgan fingerprint density at radius 2 is 2.14 bits per heavy atom. The van der Waals surface area contributed by atoms with Crippen LogP contribution in [0.3, 0.4) is 0 Å². The van der Waals surface area contributed by atoms with Crippen molar-refractivity contribution in [2.75, 3.05) is 0 Å². The minimum absolute atomic E-state index is 0.235. The normalized spacial score (nSPS) is 10.7. The summed E-state index contributed by atoms with van der Waals surface area (Å²) in [6, 6.07) is 7.76. The second-order valence-electron chi connectivity index (χ2n) is 5.23. The highest BCUT2D eigenvalue weighted by atomic mass is 35.5. The first kappa shape index (κ1) is 16.6. The molecule has 0 spiro atoms. The fourth-order valence-corrected chi connectivity index (χ4v) is 2.46. The van der Waals surface area contributed by atoms with Gasteiger partial charge in [0.05, 0.1) is 18.4 Å². The van der Waals surface area contributed by atoms with Crippen LogP contribution in [-0.2, 0) is 29.1 Å². The molecule has 0 fully saturated rings. The van der Waals surface area contributed by atoms with Gasteiger partial charge in [-0.3, -0.25) is 4.79 Å². The third kappa shape index (κ3) is 4.34. The largest absolute Gasteiger partial charge is 0.459 e. The summed E-state index contributed by atoms with van der Waals surface area (Å²) in [4.78, 5) is 15.5. The minimum atomic E-state index is -0.291. The van der Waals surface area contributed by atoms with Crippen molar-refractivity contribution in [3.63, 3.8) is 0 Å². The Kier molecular flexibility index (Phi) is 6.01. The first-order valence-electron chi connectivity index (χ1n) is 7.51. The van der Waals surface area contributed by atoms with Crippen molar-refractivity contribution < 1.29 is 9.53 Å². The fraction of sp³-hybridized carbons (Fsp3) is 0.412. The Morgan fingerprint density at radius 1 is 1.36 bits per heavy atom. The molecule has 0 amide bonds. The lowest BCUT2D eigenvalue weighted by Crippen LogP contribution is -2.11. The molecule has 2 aromatic rings. The molecule has 2 rings (SSSR count). The van der Waals surface area contributed by atoms with Crippen LogP contribution in [0.25, 0.3) is 0 Å². The zero-order valence-corrected chi connectivity index (χ0v) is 13.8. The van der Waals surface area contributed by atoms with Crippen molar-refractivity contribution in [3.8, 4) is 0 Å². The molecule has 0 radical (unpaired) electrons. The lowest BCUT2D eigenvalue weighted by Gasteiger charge is -2.13. The smallest absolute Gasteiger partial charge is 0.303 e. The molecule has 0 N–H and O–H groups in total. The number of esters is 1. The highest BCUT2D eigenvalue weighted by Gasteiger charge is 2.12. The molecular weight excluding hydrogens is 300 g/mol. The number of aromatic nitrogens is 2. The van der Waals surface area contributed by atoms with Crippen LogP contribution in [0.4, 0.5) is 0 Å². The molecule has 22 heavy (non-hydrogen) atoms. The lowest BCUT2D eigenvalue weighted by molar-refractivity contribution is -0.142. The molecule has 0 atom stereocenters. The number of hydrogen-bond acceptors (Lipinski definition) is 3. The van der Waals surface area contributed by atoms with Crippen molar-refractivity contribution in [2.45, 2.75) is 46.3 Å². The molecule has 0 aliphatic heterocycles. The molecule has 0 saturated heterocycles. The predicted molar refractivity (Wildman–Crippen MR) is 86.9 cm³/mol. The Bertz CT molecular complexity index is 637. The van der Waals surface area contributed by atoms with Gasteiger partial charge in [-0.1, -0.05) is 43.1 Å². The summed E-state index contributed by atoms with van der Waals surface area (Å²) >= 11 is 6.26. The fourth-order valence-electron chi connectivity index (χ4n) is 2.27. The lowest BCUT2D eigenvalue weighted by atomic mass is 10.2. The third-order valence-corrected chi connectivity index (χ3v) is 3.85. The van der Waals surface area contributed by atoms with E-state index in [2.05, 4.69) is 16.5 Å². The van der Waals surface area contributed by atoms with Crippen LogP contribution < -0.4 is 0 Å². The van der Waals surface area contributed by atoms with Crippen LogP contribution in [0.5, 0.6) is 0 Å². The van der Waals surface area contributed by atoms with Crippen LogP contribution in [0.1, 0.15) is 43.8 Å². The van der Waals surface area contributed by atoms with E-state index < -0.39 is 0 Å². The maximum absolute atomic E-state index is 11.0. The number of carbonyl (C=O) groups is 1. The van der Waals surface area contributed by atoms with Crippen molar-refractivity contribution in [2.24, 2.45) is 0 Å². The number of hydrogen-bond donors (Lipinski definition) is 0. The quantitative estimate of drug-likeness (QED) is 0.724. The monoisotopic (exact) mass is 320 g/mol. The average Bonchev–Trinajstić information content (AvgIpc) is 2.87. The molecule has 1 aromatic carbocycles. The van der Waals surface area contributed by atoms with E-state index in [0.717, 1.165) is 41.4 Å². The summed E-state index contributed by atoms with van der Waals surface area (Å²) in [6.07, 6.45) is 4.87. The van der Waals surface area contributed by atoms with Crippen LogP contribution in [0.15, 0.2) is 30.5 Å². The maximum Gasteiger partial charge on any atom is 0.303 e. The number of aryl methyl sites for hydroxylation is 1. The molecule has 0 aliphatic rings. The summed E-state index contributed by atoms with van der Waals surface area (Å²) in [5, 5.41) is 0.732. The average molecular weight is 321 g/mol. The van der Waals surface area contributed by atoms with Gasteiger partial charge in [0.1, 0.15) is 12.4 Å².